The van der Waals surface area contributed by atoms with Gasteiger partial charge in [-0.2, -0.15) is 4.79 Å². The van der Waals surface area contributed by atoms with E-state index in [1.165, 1.54) is 0 Å². The van der Waals surface area contributed by atoms with Crippen molar-refractivity contribution in [2.75, 3.05) is 0 Å². The van der Waals surface area contributed by atoms with Gasteiger partial charge in [0.15, 0.2) is 0 Å². The van der Waals surface area contributed by atoms with Crippen LogP contribution in [0.3, 0.4) is 0 Å². The van der Waals surface area contributed by atoms with Crippen molar-refractivity contribution in [3.8, 4) is 11.1 Å². The van der Waals surface area contributed by atoms with Crippen LogP contribution in [0, 0.1) is 5.92 Å². The van der Waals surface area contributed by atoms with Gasteiger partial charge in [-0.3, -0.25) is 28.9 Å². The summed E-state index contributed by atoms with van der Waals surface area (Å²) in [5.74, 6) is -3.49. The van der Waals surface area contributed by atoms with Gasteiger partial charge >= 0.3 is 6.16 Å². The van der Waals surface area contributed by atoms with Crippen LogP contribution in [0.5, 0.6) is 0 Å². The summed E-state index contributed by atoms with van der Waals surface area (Å²) in [4.78, 5) is 69.7. The van der Waals surface area contributed by atoms with Crippen molar-refractivity contribution in [2.45, 2.75) is 31.6 Å². The Labute approximate surface area is 182 Å². The summed E-state index contributed by atoms with van der Waals surface area (Å²) >= 11 is 0. The van der Waals surface area contributed by atoms with Crippen LogP contribution in [0.4, 0.5) is 4.79 Å². The molecule has 4 amide bonds. The topological polar surface area (TPSA) is 110 Å². The second-order valence-corrected chi connectivity index (χ2v) is 7.90. The Morgan fingerprint density at radius 2 is 1.31 bits per heavy atom. The smallest absolute Gasteiger partial charge is 0.293 e. The number of carbonyl (C=O) groups excluding carboxylic acids is 5. The van der Waals surface area contributed by atoms with Gasteiger partial charge in [-0.1, -0.05) is 58.7 Å². The van der Waals surface area contributed by atoms with Crippen molar-refractivity contribution in [1.29, 1.82) is 0 Å². The molecular weight excluding hydrogens is 416 g/mol. The second-order valence-electron chi connectivity index (χ2n) is 7.90. The number of fused-ring (bicyclic) bond motifs is 3. The Balaban J connectivity index is 1.30. The standard InChI is InChI=1S/C23H18N2O7/c26-19-9-10-20(27)24(19)31-23(30)32-25-21(28)12-13(22(25)29)11-18-16-7-3-1-5-14(16)15-6-2-4-8-17(15)18/h1-8,13,18H,9-12H2. The van der Waals surface area contributed by atoms with Crippen LogP contribution >= 0.6 is 0 Å². The molecule has 5 rings (SSSR count). The van der Waals surface area contributed by atoms with E-state index in [9.17, 15) is 24.0 Å². The van der Waals surface area contributed by atoms with Crippen molar-refractivity contribution in [3.05, 3.63) is 59.7 Å². The molecule has 9 heteroatoms. The molecule has 1 atom stereocenters. The third-order valence-corrected chi connectivity index (χ3v) is 6.02. The van der Waals surface area contributed by atoms with Crippen LogP contribution in [0.2, 0.25) is 0 Å². The highest BCUT2D eigenvalue weighted by Gasteiger charge is 2.45. The van der Waals surface area contributed by atoms with Gasteiger partial charge in [0.2, 0.25) is 0 Å². The molecule has 0 radical (unpaired) electrons. The normalized spacial score (nSPS) is 20.1. The van der Waals surface area contributed by atoms with Gasteiger partial charge in [-0.15, -0.1) is 0 Å². The van der Waals surface area contributed by atoms with E-state index in [4.69, 9.17) is 4.84 Å². The first kappa shape index (κ1) is 19.9. The van der Waals surface area contributed by atoms with Gasteiger partial charge < -0.3 is 0 Å². The minimum atomic E-state index is -1.49. The Morgan fingerprint density at radius 1 is 0.781 bits per heavy atom. The maximum atomic E-state index is 12.9. The third kappa shape index (κ3) is 3.22. The van der Waals surface area contributed by atoms with Crippen molar-refractivity contribution in [3.63, 3.8) is 0 Å². The molecular formula is C23H18N2O7. The highest BCUT2D eigenvalue weighted by molar-refractivity contribution is 6.03. The van der Waals surface area contributed by atoms with E-state index in [0.29, 0.717) is 11.5 Å². The number of hydrogen-bond acceptors (Lipinski definition) is 7. The molecule has 0 aromatic heterocycles. The number of carbonyl (C=O) groups is 5. The van der Waals surface area contributed by atoms with Crippen molar-refractivity contribution < 1.29 is 33.6 Å². The lowest BCUT2D eigenvalue weighted by Crippen LogP contribution is -2.38. The average molecular weight is 434 g/mol. The first-order chi connectivity index (χ1) is 15.4. The van der Waals surface area contributed by atoms with Crippen molar-refractivity contribution in [1.82, 2.24) is 10.1 Å². The minimum absolute atomic E-state index is 0.0732. The maximum Gasteiger partial charge on any atom is 0.560 e. The maximum absolute atomic E-state index is 12.9. The van der Waals surface area contributed by atoms with Gasteiger partial charge in [0.1, 0.15) is 0 Å². The number of hydrogen-bond donors (Lipinski definition) is 0. The van der Waals surface area contributed by atoms with Crippen LogP contribution in [0.15, 0.2) is 48.5 Å². The molecule has 32 heavy (non-hydrogen) atoms. The van der Waals surface area contributed by atoms with E-state index in [1.807, 2.05) is 48.5 Å². The van der Waals surface area contributed by atoms with Crippen LogP contribution < -0.4 is 0 Å². The number of rotatable bonds is 4. The van der Waals surface area contributed by atoms with Crippen molar-refractivity contribution >= 4 is 29.8 Å². The quantitative estimate of drug-likeness (QED) is 0.681. The van der Waals surface area contributed by atoms with E-state index < -0.39 is 35.7 Å². The molecule has 2 saturated heterocycles. The number of imide groups is 2. The van der Waals surface area contributed by atoms with Crippen LogP contribution in [0.25, 0.3) is 11.1 Å². The monoisotopic (exact) mass is 434 g/mol. The lowest BCUT2D eigenvalue weighted by Gasteiger charge is -2.18. The summed E-state index contributed by atoms with van der Waals surface area (Å²) in [7, 11) is 0. The minimum Gasteiger partial charge on any atom is -0.293 e. The Hall–Kier alpha value is -4.01. The fourth-order valence-electron chi connectivity index (χ4n) is 4.57. The molecule has 0 N–H and O–H groups in total. The first-order valence-corrected chi connectivity index (χ1v) is 10.2. The Bertz CT molecular complexity index is 1110. The van der Waals surface area contributed by atoms with Crippen molar-refractivity contribution in [2.24, 2.45) is 5.92 Å². The molecule has 9 nitrogen and oxygen atoms in total. The molecule has 2 fully saturated rings. The van der Waals surface area contributed by atoms with Gasteiger partial charge in [-0.25, -0.2) is 0 Å². The molecule has 1 aliphatic carbocycles. The summed E-state index contributed by atoms with van der Waals surface area (Å²) in [5.41, 5.74) is 4.36. The molecule has 0 bridgehead atoms. The predicted molar refractivity (Wildman–Crippen MR) is 107 cm³/mol. The molecule has 0 saturated carbocycles. The highest BCUT2D eigenvalue weighted by Crippen LogP contribution is 2.48. The van der Waals surface area contributed by atoms with Gasteiger partial charge in [-0.05, 0) is 28.7 Å². The SMILES string of the molecule is O=C(ON1C(=O)CCC1=O)ON1C(=O)CC(CC2c3ccccc3-c3ccccc32)C1=O. The molecule has 2 heterocycles. The van der Waals surface area contributed by atoms with Gasteiger partial charge in [0.05, 0.1) is 5.92 Å². The molecule has 2 aromatic carbocycles. The summed E-state index contributed by atoms with van der Waals surface area (Å²) in [6.45, 7) is 0. The third-order valence-electron chi connectivity index (χ3n) is 6.02. The van der Waals surface area contributed by atoms with E-state index >= 15 is 0 Å². The summed E-state index contributed by atoms with van der Waals surface area (Å²) in [5, 5.41) is 0.655. The van der Waals surface area contributed by atoms with E-state index in [2.05, 4.69) is 4.84 Å². The zero-order chi connectivity index (χ0) is 22.4. The predicted octanol–water partition coefficient (Wildman–Crippen LogP) is 2.70. The molecule has 3 aliphatic rings. The number of amides is 4. The average Bonchev–Trinajstić information content (AvgIpc) is 3.37. The molecule has 0 spiro atoms. The summed E-state index contributed by atoms with van der Waals surface area (Å²) in [6, 6.07) is 15.9. The zero-order valence-corrected chi connectivity index (χ0v) is 16.9. The van der Waals surface area contributed by atoms with E-state index in [1.54, 1.807) is 0 Å². The molecule has 162 valence electrons. The molecule has 1 unspecified atom stereocenters. The summed E-state index contributed by atoms with van der Waals surface area (Å²) in [6.07, 6.45) is -1.40. The number of nitrogens with zero attached hydrogens (tertiary/aromatic N) is 2. The Morgan fingerprint density at radius 3 is 1.91 bits per heavy atom. The lowest BCUT2D eigenvalue weighted by atomic mass is 9.86. The van der Waals surface area contributed by atoms with E-state index in [0.717, 1.165) is 22.3 Å². The second kappa shape index (κ2) is 7.60. The Kier molecular flexibility index (Phi) is 4.73. The molecule has 2 aliphatic heterocycles. The number of benzene rings is 2. The highest BCUT2D eigenvalue weighted by atomic mass is 16.9. The lowest BCUT2D eigenvalue weighted by molar-refractivity contribution is -0.198. The van der Waals surface area contributed by atoms with Crippen LogP contribution in [-0.4, -0.2) is 39.9 Å². The van der Waals surface area contributed by atoms with Gasteiger partial charge in [0.25, 0.3) is 23.6 Å². The largest absolute Gasteiger partial charge is 0.560 e. The fourth-order valence-corrected chi connectivity index (χ4v) is 4.57. The first-order valence-electron chi connectivity index (χ1n) is 10.2. The molecule has 2 aromatic rings. The number of hydroxylamine groups is 4. The zero-order valence-electron chi connectivity index (χ0n) is 16.9. The van der Waals surface area contributed by atoms with Crippen LogP contribution in [0.1, 0.15) is 42.7 Å². The van der Waals surface area contributed by atoms with Crippen LogP contribution in [-0.2, 0) is 28.9 Å². The van der Waals surface area contributed by atoms with E-state index in [-0.39, 0.29) is 30.2 Å². The van der Waals surface area contributed by atoms with Gasteiger partial charge in [0, 0.05) is 25.2 Å². The fraction of sp³-hybridized carbons (Fsp3) is 0.261. The summed E-state index contributed by atoms with van der Waals surface area (Å²) < 4.78 is 0.